The Morgan fingerprint density at radius 3 is 1.89 bits per heavy atom. The van der Waals surface area contributed by atoms with E-state index in [1.807, 2.05) is 6.07 Å². The third-order valence-electron chi connectivity index (χ3n) is 11.3. The van der Waals surface area contributed by atoms with Gasteiger partial charge in [-0.25, -0.2) is 0 Å². The Morgan fingerprint density at radius 2 is 1.07 bits per heavy atom. The fourth-order valence-corrected chi connectivity index (χ4v) is 8.72. The molecular weight excluding hydrogens is 669 g/mol. The molecule has 0 atom stereocenters. The molecule has 55 heavy (non-hydrogen) atoms. The molecule has 0 spiro atoms. The quantitative estimate of drug-likeness (QED) is 0.172. The highest BCUT2D eigenvalue weighted by Gasteiger charge is 2.24. The van der Waals surface area contributed by atoms with E-state index in [1.165, 1.54) is 55.2 Å². The zero-order valence-electron chi connectivity index (χ0n) is 30.2. The summed E-state index contributed by atoms with van der Waals surface area (Å²) in [5.74, 6) is 0. The normalized spacial score (nSPS) is 12.7. The van der Waals surface area contributed by atoms with Crippen molar-refractivity contribution in [2.75, 3.05) is 4.90 Å². The van der Waals surface area contributed by atoms with Crippen molar-refractivity contribution in [2.24, 2.45) is 0 Å². The summed E-state index contributed by atoms with van der Waals surface area (Å²) in [6, 6.07) is 67.6. The molecule has 11 rings (SSSR count). The molecule has 2 aromatic heterocycles. The van der Waals surface area contributed by atoms with E-state index in [0.717, 1.165) is 57.5 Å². The van der Waals surface area contributed by atoms with Crippen molar-refractivity contribution in [3.63, 3.8) is 0 Å². The van der Waals surface area contributed by atoms with Crippen LogP contribution < -0.4 is 4.90 Å². The molecule has 1 aliphatic carbocycles. The van der Waals surface area contributed by atoms with Crippen LogP contribution in [-0.2, 0) is 6.42 Å². The van der Waals surface area contributed by atoms with E-state index in [9.17, 15) is 0 Å². The minimum atomic E-state index is 0.920. The molecule has 1 aliphatic rings. The summed E-state index contributed by atoms with van der Waals surface area (Å²) in [7, 11) is 0. The lowest BCUT2D eigenvalue weighted by Gasteiger charge is -2.27. The molecule has 0 bridgehead atoms. The van der Waals surface area contributed by atoms with Crippen molar-refractivity contribution in [1.82, 2.24) is 4.57 Å². The molecule has 0 fully saturated rings. The van der Waals surface area contributed by atoms with E-state index in [1.54, 1.807) is 0 Å². The predicted octanol–water partition coefficient (Wildman–Crippen LogP) is 14.3. The highest BCUT2D eigenvalue weighted by molar-refractivity contribution is 6.09. The predicted molar refractivity (Wildman–Crippen MR) is 231 cm³/mol. The average molecular weight is 705 g/mol. The lowest BCUT2D eigenvalue weighted by molar-refractivity contribution is 0.665. The van der Waals surface area contributed by atoms with Crippen LogP contribution >= 0.6 is 0 Å². The molecule has 3 nitrogen and oxygen atoms in total. The topological polar surface area (TPSA) is 21.3 Å². The Bertz CT molecular complexity index is 3070. The summed E-state index contributed by atoms with van der Waals surface area (Å²) >= 11 is 0. The largest absolute Gasteiger partial charge is 0.454 e. The third-order valence-corrected chi connectivity index (χ3v) is 11.3. The van der Waals surface area contributed by atoms with Gasteiger partial charge in [-0.1, -0.05) is 140 Å². The van der Waals surface area contributed by atoms with Gasteiger partial charge < -0.3 is 13.9 Å². The summed E-state index contributed by atoms with van der Waals surface area (Å²) in [4.78, 5) is 2.39. The minimum Gasteiger partial charge on any atom is -0.454 e. The first-order chi connectivity index (χ1) is 27.3. The van der Waals surface area contributed by atoms with Crippen LogP contribution in [0.4, 0.5) is 17.1 Å². The lowest BCUT2D eigenvalue weighted by Crippen LogP contribution is -2.10. The molecule has 0 saturated carbocycles. The SMILES string of the molecule is C1=C(c2ccc(N(c3ccc(-c4ccccc4)cc3)c3cccc4ccccc34)cc2)CCc2c1c1ccccc1n2-c1cccc2c1oc1ccccc12. The second-order valence-electron chi connectivity index (χ2n) is 14.4. The number of anilines is 3. The number of aromatic nitrogens is 1. The Morgan fingerprint density at radius 1 is 0.455 bits per heavy atom. The highest BCUT2D eigenvalue weighted by Crippen LogP contribution is 2.43. The second kappa shape index (κ2) is 12.8. The minimum absolute atomic E-state index is 0.920. The molecule has 0 unspecified atom stereocenters. The maximum atomic E-state index is 6.54. The van der Waals surface area contributed by atoms with E-state index < -0.39 is 0 Å². The van der Waals surface area contributed by atoms with Crippen LogP contribution in [0, 0.1) is 0 Å². The third kappa shape index (κ3) is 5.20. The molecule has 8 aromatic carbocycles. The van der Waals surface area contributed by atoms with Crippen molar-refractivity contribution in [3.05, 3.63) is 205 Å². The van der Waals surface area contributed by atoms with E-state index >= 15 is 0 Å². The van der Waals surface area contributed by atoms with Gasteiger partial charge >= 0.3 is 0 Å². The second-order valence-corrected chi connectivity index (χ2v) is 14.4. The fraction of sp³-hybridized carbons (Fsp3) is 0.0385. The van der Waals surface area contributed by atoms with Crippen molar-refractivity contribution in [1.29, 1.82) is 0 Å². The van der Waals surface area contributed by atoms with Crippen molar-refractivity contribution >= 4 is 72.3 Å². The van der Waals surface area contributed by atoms with Crippen LogP contribution in [0.25, 0.3) is 72.1 Å². The molecule has 0 radical (unpaired) electrons. The summed E-state index contributed by atoms with van der Waals surface area (Å²) in [5.41, 5.74) is 15.2. The number of hydrogen-bond donors (Lipinski definition) is 0. The Balaban J connectivity index is 1.00. The molecule has 0 saturated heterocycles. The number of fused-ring (bicyclic) bond motifs is 7. The van der Waals surface area contributed by atoms with Crippen LogP contribution in [0.2, 0.25) is 0 Å². The monoisotopic (exact) mass is 704 g/mol. The zero-order valence-corrected chi connectivity index (χ0v) is 30.2. The smallest absolute Gasteiger partial charge is 0.159 e. The molecular formula is C52H36N2O. The Labute approximate surface area is 319 Å². The van der Waals surface area contributed by atoms with Crippen LogP contribution in [0.3, 0.4) is 0 Å². The Hall–Kier alpha value is -7.10. The van der Waals surface area contributed by atoms with Gasteiger partial charge in [0.15, 0.2) is 5.58 Å². The zero-order chi connectivity index (χ0) is 36.3. The van der Waals surface area contributed by atoms with Crippen LogP contribution in [0.1, 0.15) is 23.2 Å². The molecule has 0 N–H and O–H groups in total. The summed E-state index contributed by atoms with van der Waals surface area (Å²) < 4.78 is 8.98. The number of benzene rings is 8. The number of allylic oxidation sites excluding steroid dienone is 1. The van der Waals surface area contributed by atoms with Gasteiger partial charge in [0.25, 0.3) is 0 Å². The van der Waals surface area contributed by atoms with Crippen molar-refractivity contribution < 1.29 is 4.42 Å². The van der Waals surface area contributed by atoms with E-state index in [4.69, 9.17) is 4.42 Å². The van der Waals surface area contributed by atoms with Crippen molar-refractivity contribution in [2.45, 2.75) is 12.8 Å². The van der Waals surface area contributed by atoms with Gasteiger partial charge in [-0.15, -0.1) is 0 Å². The number of rotatable bonds is 6. The van der Waals surface area contributed by atoms with Gasteiger partial charge in [0.05, 0.1) is 16.9 Å². The van der Waals surface area contributed by atoms with Crippen LogP contribution in [0.5, 0.6) is 0 Å². The van der Waals surface area contributed by atoms with E-state index in [2.05, 4.69) is 198 Å². The van der Waals surface area contributed by atoms with Gasteiger partial charge in [-0.3, -0.25) is 0 Å². The average Bonchev–Trinajstić information content (AvgIpc) is 3.80. The summed E-state index contributed by atoms with van der Waals surface area (Å²) in [6.07, 6.45) is 4.31. The van der Waals surface area contributed by atoms with Crippen molar-refractivity contribution in [3.8, 4) is 16.8 Å². The lowest BCUT2D eigenvalue weighted by atomic mass is 9.91. The van der Waals surface area contributed by atoms with Gasteiger partial charge in [0.2, 0.25) is 0 Å². The number of furan rings is 1. The first kappa shape index (κ1) is 31.4. The summed E-state index contributed by atoms with van der Waals surface area (Å²) in [6.45, 7) is 0. The van der Waals surface area contributed by atoms with E-state index in [0.29, 0.717) is 0 Å². The molecule has 260 valence electrons. The highest BCUT2D eigenvalue weighted by atomic mass is 16.3. The number of para-hydroxylation sites is 3. The first-order valence-electron chi connectivity index (χ1n) is 19.1. The number of hydrogen-bond acceptors (Lipinski definition) is 2. The molecule has 0 aliphatic heterocycles. The van der Waals surface area contributed by atoms with E-state index in [-0.39, 0.29) is 0 Å². The van der Waals surface area contributed by atoms with Gasteiger partial charge in [0.1, 0.15) is 5.58 Å². The molecule has 0 amide bonds. The van der Waals surface area contributed by atoms with Gasteiger partial charge in [-0.05, 0) is 95.1 Å². The van der Waals surface area contributed by atoms with Crippen LogP contribution in [0.15, 0.2) is 192 Å². The maximum Gasteiger partial charge on any atom is 0.159 e. The Kier molecular flexibility index (Phi) is 7.31. The van der Waals surface area contributed by atoms with Crippen LogP contribution in [-0.4, -0.2) is 4.57 Å². The number of nitrogens with zero attached hydrogens (tertiary/aromatic N) is 2. The molecule has 2 heterocycles. The maximum absolute atomic E-state index is 6.54. The molecule has 3 heteroatoms. The van der Waals surface area contributed by atoms with Gasteiger partial charge in [0, 0.05) is 44.2 Å². The standard InChI is InChI=1S/C52H36N2O/c1-2-12-35(13-3-1)36-24-29-40(30-25-36)53(47-21-10-15-38-14-4-5-16-42(38)47)41-31-26-37(27-32-41)39-28-33-49-46(34-39)43-17-6-8-20-48(43)54(49)50-22-11-19-45-44-18-7-9-23-51(44)55-52(45)50/h1-27,29-32,34H,28,33H2. The molecule has 10 aromatic rings. The summed E-state index contributed by atoms with van der Waals surface area (Å²) in [5, 5.41) is 6.01. The van der Waals surface area contributed by atoms with Gasteiger partial charge in [-0.2, -0.15) is 0 Å². The first-order valence-corrected chi connectivity index (χ1v) is 19.1. The fourth-order valence-electron chi connectivity index (χ4n) is 8.72.